The van der Waals surface area contributed by atoms with Gasteiger partial charge in [0.05, 0.1) is 7.11 Å². The average Bonchev–Trinajstić information content (AvgIpc) is 2.24. The van der Waals surface area contributed by atoms with Crippen LogP contribution < -0.4 is 0 Å². The monoisotopic (exact) mass is 286 g/mol. The number of alkyl halides is 1. The van der Waals surface area contributed by atoms with Crippen LogP contribution in [0.3, 0.4) is 0 Å². The average molecular weight is 287 g/mol. The summed E-state index contributed by atoms with van der Waals surface area (Å²) in [6, 6.07) is 6.53. The van der Waals surface area contributed by atoms with Gasteiger partial charge in [-0.25, -0.2) is 9.78 Å². The Bertz CT molecular complexity index is 342. The summed E-state index contributed by atoms with van der Waals surface area (Å²) in [6.07, 6.45) is 0. The van der Waals surface area contributed by atoms with E-state index < -0.39 is 0 Å². The molecule has 0 saturated heterocycles. The van der Waals surface area contributed by atoms with Gasteiger partial charge in [0.25, 0.3) is 0 Å². The second-order valence-electron chi connectivity index (χ2n) is 4.85. The molecule has 1 rings (SSSR count). The SMILES string of the molecule is COOCc1cc(CBr)cc(C(C)(C)C)c1. The molecule has 3 heteroatoms. The number of halogens is 1. The van der Waals surface area contributed by atoms with Gasteiger partial charge in [-0.3, -0.25) is 0 Å². The fourth-order valence-corrected chi connectivity index (χ4v) is 1.81. The van der Waals surface area contributed by atoms with Crippen LogP contribution in [-0.4, -0.2) is 7.11 Å². The molecular weight excluding hydrogens is 268 g/mol. The molecule has 0 aromatic heterocycles. The van der Waals surface area contributed by atoms with E-state index in [0.29, 0.717) is 6.61 Å². The Hall–Kier alpha value is -0.380. The molecule has 0 fully saturated rings. The first-order chi connectivity index (χ1) is 7.47. The molecule has 16 heavy (non-hydrogen) atoms. The van der Waals surface area contributed by atoms with Gasteiger partial charge in [0.2, 0.25) is 0 Å². The Morgan fingerprint density at radius 2 is 1.75 bits per heavy atom. The number of benzene rings is 1. The maximum atomic E-state index is 4.97. The van der Waals surface area contributed by atoms with E-state index in [1.165, 1.54) is 18.2 Å². The van der Waals surface area contributed by atoms with Crippen molar-refractivity contribution in [1.29, 1.82) is 0 Å². The molecule has 0 radical (unpaired) electrons. The van der Waals surface area contributed by atoms with Crippen LogP contribution in [0.4, 0.5) is 0 Å². The van der Waals surface area contributed by atoms with Crippen LogP contribution in [0.2, 0.25) is 0 Å². The van der Waals surface area contributed by atoms with Gasteiger partial charge in [-0.1, -0.05) is 54.9 Å². The van der Waals surface area contributed by atoms with E-state index in [4.69, 9.17) is 4.89 Å². The quantitative estimate of drug-likeness (QED) is 0.474. The van der Waals surface area contributed by atoms with Gasteiger partial charge in [0.1, 0.15) is 6.61 Å². The first-order valence-electron chi connectivity index (χ1n) is 5.32. The fourth-order valence-electron chi connectivity index (χ4n) is 1.48. The number of rotatable bonds is 4. The third-order valence-corrected chi connectivity index (χ3v) is 3.06. The molecule has 0 amide bonds. The molecule has 0 unspecified atom stereocenters. The first-order valence-corrected chi connectivity index (χ1v) is 6.44. The molecule has 0 aliphatic heterocycles. The van der Waals surface area contributed by atoms with Crippen LogP contribution in [0.15, 0.2) is 18.2 Å². The van der Waals surface area contributed by atoms with Crippen LogP contribution in [0.1, 0.15) is 37.5 Å². The van der Waals surface area contributed by atoms with Crippen molar-refractivity contribution in [3.05, 3.63) is 34.9 Å². The molecule has 0 spiro atoms. The van der Waals surface area contributed by atoms with Gasteiger partial charge < -0.3 is 0 Å². The van der Waals surface area contributed by atoms with Gasteiger partial charge in [0.15, 0.2) is 0 Å². The lowest BCUT2D eigenvalue weighted by molar-refractivity contribution is -0.282. The van der Waals surface area contributed by atoms with Gasteiger partial charge in [0, 0.05) is 5.33 Å². The van der Waals surface area contributed by atoms with Crippen molar-refractivity contribution >= 4 is 15.9 Å². The zero-order valence-electron chi connectivity index (χ0n) is 10.3. The van der Waals surface area contributed by atoms with E-state index in [1.54, 1.807) is 0 Å². The van der Waals surface area contributed by atoms with Crippen LogP contribution in [0.25, 0.3) is 0 Å². The van der Waals surface area contributed by atoms with Crippen molar-refractivity contribution in [2.45, 2.75) is 38.1 Å². The lowest BCUT2D eigenvalue weighted by atomic mass is 9.85. The minimum absolute atomic E-state index is 0.153. The zero-order valence-corrected chi connectivity index (χ0v) is 11.9. The zero-order chi connectivity index (χ0) is 12.2. The molecule has 0 atom stereocenters. The highest BCUT2D eigenvalue weighted by Gasteiger charge is 2.15. The van der Waals surface area contributed by atoms with Crippen molar-refractivity contribution < 1.29 is 9.78 Å². The lowest BCUT2D eigenvalue weighted by Gasteiger charge is -2.21. The molecule has 1 aromatic rings. The van der Waals surface area contributed by atoms with Gasteiger partial charge in [-0.05, 0) is 22.1 Å². The molecule has 0 aliphatic rings. The van der Waals surface area contributed by atoms with Gasteiger partial charge in [-0.15, -0.1) is 0 Å². The molecule has 0 heterocycles. The summed E-state index contributed by atoms with van der Waals surface area (Å²) in [4.78, 5) is 9.60. The molecule has 0 saturated carbocycles. The topological polar surface area (TPSA) is 18.5 Å². The molecular formula is C13H19BrO2. The Morgan fingerprint density at radius 3 is 2.25 bits per heavy atom. The summed E-state index contributed by atoms with van der Waals surface area (Å²) in [5.41, 5.74) is 3.88. The second kappa shape index (κ2) is 5.80. The fraction of sp³-hybridized carbons (Fsp3) is 0.538. The van der Waals surface area contributed by atoms with Crippen LogP contribution >= 0.6 is 15.9 Å². The summed E-state index contributed by atoms with van der Waals surface area (Å²) in [5.74, 6) is 0. The Labute approximate surface area is 106 Å². The molecule has 0 N–H and O–H groups in total. The van der Waals surface area contributed by atoms with E-state index in [1.807, 2.05) is 0 Å². The van der Waals surface area contributed by atoms with Crippen LogP contribution in [0, 0.1) is 0 Å². The molecule has 90 valence electrons. The van der Waals surface area contributed by atoms with Crippen molar-refractivity contribution in [3.8, 4) is 0 Å². The van der Waals surface area contributed by atoms with Crippen LogP contribution in [-0.2, 0) is 27.1 Å². The smallest absolute Gasteiger partial charge is 0.107 e. The highest BCUT2D eigenvalue weighted by Crippen LogP contribution is 2.25. The highest BCUT2D eigenvalue weighted by molar-refractivity contribution is 9.08. The largest absolute Gasteiger partial charge is 0.240 e. The summed E-state index contributed by atoms with van der Waals surface area (Å²) >= 11 is 3.49. The Morgan fingerprint density at radius 1 is 1.12 bits per heavy atom. The normalized spacial score (nSPS) is 11.8. The highest BCUT2D eigenvalue weighted by atomic mass is 79.9. The van der Waals surface area contributed by atoms with E-state index in [9.17, 15) is 0 Å². The minimum Gasteiger partial charge on any atom is -0.240 e. The van der Waals surface area contributed by atoms with E-state index in [2.05, 4.69) is 59.8 Å². The van der Waals surface area contributed by atoms with Crippen molar-refractivity contribution in [3.63, 3.8) is 0 Å². The van der Waals surface area contributed by atoms with E-state index in [-0.39, 0.29) is 5.41 Å². The predicted molar refractivity (Wildman–Crippen MR) is 69.6 cm³/mol. The summed E-state index contributed by atoms with van der Waals surface area (Å²) < 4.78 is 0. The van der Waals surface area contributed by atoms with Crippen molar-refractivity contribution in [2.24, 2.45) is 0 Å². The third kappa shape index (κ3) is 3.89. The summed E-state index contributed by atoms with van der Waals surface area (Å²) in [5, 5.41) is 0.858. The Kier molecular flexibility index (Phi) is 4.96. The first kappa shape index (κ1) is 13.7. The van der Waals surface area contributed by atoms with Crippen LogP contribution in [0.5, 0.6) is 0 Å². The molecule has 0 bridgehead atoms. The number of hydrogen-bond acceptors (Lipinski definition) is 2. The maximum absolute atomic E-state index is 4.97. The molecule has 1 aromatic carbocycles. The Balaban J connectivity index is 3.01. The molecule has 2 nitrogen and oxygen atoms in total. The van der Waals surface area contributed by atoms with Gasteiger partial charge >= 0.3 is 0 Å². The minimum atomic E-state index is 0.153. The van der Waals surface area contributed by atoms with E-state index >= 15 is 0 Å². The van der Waals surface area contributed by atoms with Crippen molar-refractivity contribution in [1.82, 2.24) is 0 Å². The summed E-state index contributed by atoms with van der Waals surface area (Å²) in [7, 11) is 1.53. The standard InChI is InChI=1S/C13H19BrO2/c1-13(2,3)12-6-10(8-14)5-11(7-12)9-16-15-4/h5-7H,8-9H2,1-4H3. The van der Waals surface area contributed by atoms with E-state index in [0.717, 1.165) is 10.9 Å². The molecule has 0 aliphatic carbocycles. The predicted octanol–water partition coefficient (Wildman–Crippen LogP) is 3.96. The third-order valence-electron chi connectivity index (χ3n) is 2.42. The van der Waals surface area contributed by atoms with Crippen molar-refractivity contribution in [2.75, 3.05) is 7.11 Å². The maximum Gasteiger partial charge on any atom is 0.107 e. The van der Waals surface area contributed by atoms with Gasteiger partial charge in [-0.2, -0.15) is 0 Å². The number of hydrogen-bond donors (Lipinski definition) is 0. The second-order valence-corrected chi connectivity index (χ2v) is 5.41. The lowest BCUT2D eigenvalue weighted by Crippen LogP contribution is -2.12. The summed E-state index contributed by atoms with van der Waals surface area (Å²) in [6.45, 7) is 7.12.